The van der Waals surface area contributed by atoms with Gasteiger partial charge in [-0.2, -0.15) is 18.3 Å². The van der Waals surface area contributed by atoms with Crippen molar-refractivity contribution < 1.29 is 32.2 Å². The number of amides is 1. The number of carbonyl (C=O) groups is 1. The van der Waals surface area contributed by atoms with Gasteiger partial charge in [0.1, 0.15) is 10.8 Å². The maximum absolute atomic E-state index is 14.0. The smallest absolute Gasteiger partial charge is 0.433 e. The van der Waals surface area contributed by atoms with Crippen molar-refractivity contribution in [1.29, 1.82) is 0 Å². The van der Waals surface area contributed by atoms with Gasteiger partial charge in [0.05, 0.1) is 26.0 Å². The normalized spacial score (nSPS) is 11.4. The van der Waals surface area contributed by atoms with E-state index in [2.05, 4.69) is 15.4 Å². The highest BCUT2D eigenvalue weighted by molar-refractivity contribution is 6.36. The van der Waals surface area contributed by atoms with Crippen LogP contribution in [0.4, 0.5) is 13.2 Å². The molecule has 4 aromatic rings. The Morgan fingerprint density at radius 3 is 2.47 bits per heavy atom. The highest BCUT2D eigenvalue weighted by atomic mass is 35.5. The lowest BCUT2D eigenvalue weighted by Gasteiger charge is -2.12. The molecule has 4 rings (SSSR count). The number of fused-ring (bicyclic) bond motifs is 1. The fourth-order valence-electron chi connectivity index (χ4n) is 3.74. The molecular weight excluding hydrogens is 525 g/mol. The predicted octanol–water partition coefficient (Wildman–Crippen LogP) is 5.80. The van der Waals surface area contributed by atoms with Crippen LogP contribution in [0.25, 0.3) is 16.9 Å². The lowest BCUT2D eigenvalue weighted by Crippen LogP contribution is -2.24. The molecule has 0 unspecified atom stereocenters. The third-order valence-corrected chi connectivity index (χ3v) is 5.81. The summed E-state index contributed by atoms with van der Waals surface area (Å²) in [6, 6.07) is 12.4. The van der Waals surface area contributed by atoms with Crippen molar-refractivity contribution in [3.05, 3.63) is 70.5 Å². The van der Waals surface area contributed by atoms with Gasteiger partial charge in [-0.15, -0.1) is 0 Å². The Bertz CT molecular complexity index is 1470. The Hall–Kier alpha value is -3.99. The summed E-state index contributed by atoms with van der Waals surface area (Å²) in [5.74, 6) is 0.754. The molecule has 0 radical (unpaired) electrons. The SMILES string of the molecule is CCOc1ccc(CNC(=O)c2nn3c(C(F)(F)F)cc(-c4cccc(OC)c4)nc3c2Cl)cc1OCC. The van der Waals surface area contributed by atoms with Crippen LogP contribution < -0.4 is 19.5 Å². The van der Waals surface area contributed by atoms with E-state index in [1.165, 1.54) is 7.11 Å². The van der Waals surface area contributed by atoms with Crippen LogP contribution in [0.1, 0.15) is 35.6 Å². The van der Waals surface area contributed by atoms with Gasteiger partial charge in [0.2, 0.25) is 0 Å². The first-order valence-corrected chi connectivity index (χ1v) is 12.0. The number of halogens is 4. The summed E-state index contributed by atoms with van der Waals surface area (Å²) >= 11 is 6.36. The van der Waals surface area contributed by atoms with E-state index < -0.39 is 17.8 Å². The van der Waals surface area contributed by atoms with Crippen LogP contribution in [0.5, 0.6) is 17.2 Å². The first kappa shape index (κ1) is 27.1. The molecule has 38 heavy (non-hydrogen) atoms. The van der Waals surface area contributed by atoms with Gasteiger partial charge in [-0.3, -0.25) is 4.79 Å². The molecule has 0 aliphatic heterocycles. The number of ether oxygens (including phenoxy) is 3. The molecule has 12 heteroatoms. The predicted molar refractivity (Wildman–Crippen MR) is 135 cm³/mol. The molecule has 1 amide bonds. The van der Waals surface area contributed by atoms with E-state index in [0.29, 0.717) is 46.1 Å². The van der Waals surface area contributed by atoms with E-state index in [1.807, 2.05) is 13.8 Å². The quantitative estimate of drug-likeness (QED) is 0.284. The number of carbonyl (C=O) groups excluding carboxylic acids is 1. The summed E-state index contributed by atoms with van der Waals surface area (Å²) in [6.07, 6.45) is -4.80. The molecule has 0 fully saturated rings. The molecule has 200 valence electrons. The highest BCUT2D eigenvalue weighted by Gasteiger charge is 2.36. The number of hydrogen-bond acceptors (Lipinski definition) is 6. The van der Waals surface area contributed by atoms with Crippen molar-refractivity contribution in [2.24, 2.45) is 0 Å². The molecule has 0 atom stereocenters. The first-order valence-electron chi connectivity index (χ1n) is 11.6. The summed E-state index contributed by atoms with van der Waals surface area (Å²) in [4.78, 5) is 17.2. The lowest BCUT2D eigenvalue weighted by atomic mass is 10.1. The third kappa shape index (κ3) is 5.62. The van der Waals surface area contributed by atoms with Crippen LogP contribution in [-0.2, 0) is 12.7 Å². The van der Waals surface area contributed by atoms with Gasteiger partial charge >= 0.3 is 6.18 Å². The van der Waals surface area contributed by atoms with Gasteiger partial charge in [0.15, 0.2) is 28.5 Å². The average molecular weight is 549 g/mol. The van der Waals surface area contributed by atoms with Gasteiger partial charge in [0.25, 0.3) is 5.91 Å². The number of nitrogens with zero attached hydrogens (tertiary/aromatic N) is 3. The summed E-state index contributed by atoms with van der Waals surface area (Å²) in [6.45, 7) is 4.60. The van der Waals surface area contributed by atoms with Crippen molar-refractivity contribution in [2.45, 2.75) is 26.6 Å². The average Bonchev–Trinajstić information content (AvgIpc) is 3.24. The van der Waals surface area contributed by atoms with E-state index in [0.717, 1.165) is 6.07 Å². The minimum atomic E-state index is -4.80. The number of rotatable bonds is 9. The Labute approximate surface area is 221 Å². The molecule has 0 spiro atoms. The van der Waals surface area contributed by atoms with Crippen LogP contribution in [0.3, 0.4) is 0 Å². The van der Waals surface area contributed by atoms with Crippen molar-refractivity contribution in [3.63, 3.8) is 0 Å². The minimum Gasteiger partial charge on any atom is -0.497 e. The van der Waals surface area contributed by atoms with Crippen LogP contribution in [0, 0.1) is 0 Å². The van der Waals surface area contributed by atoms with Crippen LogP contribution in [-0.4, -0.2) is 40.8 Å². The molecule has 2 aromatic carbocycles. The van der Waals surface area contributed by atoms with Gasteiger partial charge < -0.3 is 19.5 Å². The van der Waals surface area contributed by atoms with Crippen LogP contribution in [0.15, 0.2) is 48.5 Å². The van der Waals surface area contributed by atoms with Gasteiger partial charge in [-0.05, 0) is 49.7 Å². The third-order valence-electron chi connectivity index (χ3n) is 5.46. The fraction of sp³-hybridized carbons (Fsp3) is 0.269. The maximum Gasteiger partial charge on any atom is 0.433 e. The molecule has 0 saturated carbocycles. The number of aromatic nitrogens is 3. The summed E-state index contributed by atoms with van der Waals surface area (Å²) < 4.78 is 58.8. The number of methoxy groups -OCH3 is 1. The van der Waals surface area contributed by atoms with Gasteiger partial charge in [0, 0.05) is 12.1 Å². The van der Waals surface area contributed by atoms with Crippen LogP contribution in [0.2, 0.25) is 5.02 Å². The van der Waals surface area contributed by atoms with Gasteiger partial charge in [-0.1, -0.05) is 29.8 Å². The first-order chi connectivity index (χ1) is 18.2. The largest absolute Gasteiger partial charge is 0.497 e. The Kier molecular flexibility index (Phi) is 7.96. The second-order valence-electron chi connectivity index (χ2n) is 7.98. The molecular formula is C26H24ClF3N4O4. The maximum atomic E-state index is 14.0. The molecule has 1 N–H and O–H groups in total. The summed E-state index contributed by atoms with van der Waals surface area (Å²) in [5.41, 5.74) is -0.766. The molecule has 0 saturated heterocycles. The van der Waals surface area contributed by atoms with E-state index in [9.17, 15) is 18.0 Å². The summed E-state index contributed by atoms with van der Waals surface area (Å²) in [7, 11) is 1.45. The summed E-state index contributed by atoms with van der Waals surface area (Å²) in [5, 5.41) is 6.20. The highest BCUT2D eigenvalue weighted by Crippen LogP contribution is 2.35. The zero-order chi connectivity index (χ0) is 27.4. The topological polar surface area (TPSA) is 87.0 Å². The minimum absolute atomic E-state index is 0.00433. The zero-order valence-corrected chi connectivity index (χ0v) is 21.5. The number of hydrogen-bond donors (Lipinski definition) is 1. The lowest BCUT2D eigenvalue weighted by molar-refractivity contribution is -0.142. The fourth-order valence-corrected chi connectivity index (χ4v) is 3.99. The zero-order valence-electron chi connectivity index (χ0n) is 20.7. The molecule has 2 aromatic heterocycles. The van der Waals surface area contributed by atoms with Crippen molar-refractivity contribution in [2.75, 3.05) is 20.3 Å². The molecule has 8 nitrogen and oxygen atoms in total. The van der Waals surface area contributed by atoms with E-state index in [-0.39, 0.29) is 28.6 Å². The Morgan fingerprint density at radius 2 is 1.79 bits per heavy atom. The molecule has 2 heterocycles. The van der Waals surface area contributed by atoms with E-state index in [1.54, 1.807) is 42.5 Å². The van der Waals surface area contributed by atoms with Gasteiger partial charge in [-0.25, -0.2) is 9.50 Å². The van der Waals surface area contributed by atoms with Crippen molar-refractivity contribution >= 4 is 23.2 Å². The van der Waals surface area contributed by atoms with Crippen LogP contribution >= 0.6 is 11.6 Å². The van der Waals surface area contributed by atoms with Crippen molar-refractivity contribution in [3.8, 4) is 28.5 Å². The molecule has 0 bridgehead atoms. The second-order valence-corrected chi connectivity index (χ2v) is 8.36. The molecule has 0 aliphatic carbocycles. The number of benzene rings is 2. The number of nitrogens with one attached hydrogen (secondary N) is 1. The van der Waals surface area contributed by atoms with Crippen molar-refractivity contribution in [1.82, 2.24) is 19.9 Å². The Balaban J connectivity index is 1.67. The second kappa shape index (κ2) is 11.2. The van der Waals surface area contributed by atoms with E-state index >= 15 is 0 Å². The molecule has 0 aliphatic rings. The Morgan fingerprint density at radius 1 is 1.05 bits per heavy atom. The number of alkyl halides is 3. The standard InChI is InChI=1S/C26H24ClF3N4O4/c1-4-37-19-10-9-15(11-20(19)38-5-2)14-31-25(35)23-22(27)24-32-18(16-7-6-8-17(12-16)36-3)13-21(26(28,29)30)34(24)33-23/h6-13H,4-5,14H2,1-3H3,(H,31,35). The van der Waals surface area contributed by atoms with E-state index in [4.69, 9.17) is 25.8 Å². The monoisotopic (exact) mass is 548 g/mol.